The molecule has 0 amide bonds. The van der Waals surface area contributed by atoms with Crippen LogP contribution in [0, 0.1) is 28.6 Å². The standard InChI is InChI=1S/C35H48O2Si/c1-33(2,3)38(27-12-8-6-9-13-27,28-14-10-7-11-15-28)37-26-20-22-34(4)25(24-26)16-17-29-30-18-19-32(36)35(30,5)23-21-31(29)34/h6-16,26,29-32,36H,17-24H2,1-5H3/t26-,29?,30?,31?,32+,34-,35-/m0/s1. The van der Waals surface area contributed by atoms with Crippen molar-refractivity contribution in [3.8, 4) is 0 Å². The monoisotopic (exact) mass is 528 g/mol. The fourth-order valence-corrected chi connectivity index (χ4v) is 14.4. The lowest BCUT2D eigenvalue weighted by molar-refractivity contribution is -0.0705. The van der Waals surface area contributed by atoms with Gasteiger partial charge in [-0.1, -0.05) is 107 Å². The van der Waals surface area contributed by atoms with Gasteiger partial charge >= 0.3 is 0 Å². The second-order valence-electron chi connectivity index (χ2n) is 14.5. The Balaban J connectivity index is 1.32. The molecule has 2 nitrogen and oxygen atoms in total. The van der Waals surface area contributed by atoms with Gasteiger partial charge < -0.3 is 9.53 Å². The Labute approximate surface area is 232 Å². The Bertz CT molecular complexity index is 1130. The van der Waals surface area contributed by atoms with Gasteiger partial charge in [0.1, 0.15) is 0 Å². The third kappa shape index (κ3) is 3.94. The molecule has 0 radical (unpaired) electrons. The van der Waals surface area contributed by atoms with E-state index >= 15 is 0 Å². The number of aliphatic hydroxyl groups is 1. The molecule has 2 aromatic carbocycles. The minimum atomic E-state index is -2.54. The number of hydrogen-bond donors (Lipinski definition) is 1. The van der Waals surface area contributed by atoms with Gasteiger partial charge in [0.15, 0.2) is 0 Å². The van der Waals surface area contributed by atoms with Gasteiger partial charge in [-0.2, -0.15) is 0 Å². The number of aliphatic hydroxyl groups excluding tert-OH is 1. The lowest BCUT2D eigenvalue weighted by Gasteiger charge is -2.58. The quantitative estimate of drug-likeness (QED) is 0.334. The van der Waals surface area contributed by atoms with E-state index in [0.29, 0.717) is 11.3 Å². The lowest BCUT2D eigenvalue weighted by Crippen LogP contribution is -2.68. The smallest absolute Gasteiger partial charge is 0.261 e. The summed E-state index contributed by atoms with van der Waals surface area (Å²) in [7, 11) is -2.54. The van der Waals surface area contributed by atoms with E-state index in [9.17, 15) is 5.11 Å². The van der Waals surface area contributed by atoms with E-state index in [1.807, 2.05) is 0 Å². The molecule has 204 valence electrons. The van der Waals surface area contributed by atoms with Gasteiger partial charge in [-0.15, -0.1) is 0 Å². The van der Waals surface area contributed by atoms with Gasteiger partial charge in [0.2, 0.25) is 0 Å². The van der Waals surface area contributed by atoms with E-state index in [0.717, 1.165) is 31.1 Å². The maximum atomic E-state index is 10.8. The molecule has 3 unspecified atom stereocenters. The van der Waals surface area contributed by atoms with Crippen LogP contribution < -0.4 is 10.4 Å². The van der Waals surface area contributed by atoms with E-state index in [1.165, 1.54) is 42.5 Å². The molecular formula is C35H48O2Si. The van der Waals surface area contributed by atoms with Crippen LogP contribution >= 0.6 is 0 Å². The summed E-state index contributed by atoms with van der Waals surface area (Å²) in [6.45, 7) is 12.2. The molecule has 3 fully saturated rings. The van der Waals surface area contributed by atoms with Gasteiger partial charge in [0, 0.05) is 6.10 Å². The van der Waals surface area contributed by atoms with Gasteiger partial charge in [-0.3, -0.25) is 0 Å². The molecule has 3 saturated carbocycles. The average Bonchev–Trinajstić information content (AvgIpc) is 3.22. The van der Waals surface area contributed by atoms with Gasteiger partial charge in [0.05, 0.1) is 6.10 Å². The average molecular weight is 529 g/mol. The first-order valence-corrected chi connectivity index (χ1v) is 17.2. The summed E-state index contributed by atoms with van der Waals surface area (Å²) >= 11 is 0. The second-order valence-corrected chi connectivity index (χ2v) is 18.8. The van der Waals surface area contributed by atoms with Crippen LogP contribution in [0.1, 0.15) is 86.0 Å². The van der Waals surface area contributed by atoms with Crippen molar-refractivity contribution in [2.45, 2.75) is 103 Å². The summed E-state index contributed by atoms with van der Waals surface area (Å²) in [6, 6.07) is 22.3. The molecule has 4 aliphatic rings. The van der Waals surface area contributed by atoms with E-state index in [4.69, 9.17) is 4.43 Å². The summed E-state index contributed by atoms with van der Waals surface area (Å²) in [5, 5.41) is 13.6. The summed E-state index contributed by atoms with van der Waals surface area (Å²) < 4.78 is 7.61. The van der Waals surface area contributed by atoms with E-state index in [-0.39, 0.29) is 22.7 Å². The number of allylic oxidation sites excluding steroid dienone is 1. The lowest BCUT2D eigenvalue weighted by atomic mass is 9.48. The van der Waals surface area contributed by atoms with Crippen LogP contribution in [-0.4, -0.2) is 25.6 Å². The van der Waals surface area contributed by atoms with Crippen LogP contribution in [0.15, 0.2) is 72.3 Å². The maximum Gasteiger partial charge on any atom is 0.261 e. The predicted molar refractivity (Wildman–Crippen MR) is 160 cm³/mol. The molecule has 1 N–H and O–H groups in total. The first kappa shape index (κ1) is 26.5. The van der Waals surface area contributed by atoms with E-state index in [2.05, 4.69) is 101 Å². The normalized spacial score (nSPS) is 37.1. The highest BCUT2D eigenvalue weighted by Gasteiger charge is 2.59. The van der Waals surface area contributed by atoms with Gasteiger partial charge in [-0.05, 0) is 95.4 Å². The molecule has 0 saturated heterocycles. The molecule has 2 aromatic rings. The molecule has 6 rings (SSSR count). The van der Waals surface area contributed by atoms with Crippen molar-refractivity contribution >= 4 is 18.7 Å². The van der Waals surface area contributed by atoms with Crippen molar-refractivity contribution < 1.29 is 9.53 Å². The Kier molecular flexibility index (Phi) is 6.60. The highest BCUT2D eigenvalue weighted by atomic mass is 28.4. The molecule has 0 aliphatic heterocycles. The zero-order chi connectivity index (χ0) is 26.8. The van der Waals surface area contributed by atoms with Crippen LogP contribution in [-0.2, 0) is 4.43 Å². The Hall–Kier alpha value is -1.68. The molecule has 0 bridgehead atoms. The molecule has 38 heavy (non-hydrogen) atoms. The summed E-state index contributed by atoms with van der Waals surface area (Å²) in [4.78, 5) is 0. The van der Waals surface area contributed by atoms with Crippen molar-refractivity contribution in [2.75, 3.05) is 0 Å². The fraction of sp³-hybridized carbons (Fsp3) is 0.600. The number of fused-ring (bicyclic) bond motifs is 5. The first-order chi connectivity index (χ1) is 18.1. The van der Waals surface area contributed by atoms with Gasteiger partial charge in [0.25, 0.3) is 8.32 Å². The first-order valence-electron chi connectivity index (χ1n) is 15.3. The van der Waals surface area contributed by atoms with Crippen LogP contribution in [0.3, 0.4) is 0 Å². The SMILES string of the molecule is CC(C)(C)[Si](O[C@H]1CC[C@@]2(C)C(=CCC3C2CC[C@@]2(C)C3CC[C@H]2O)C1)(c1ccccc1)c1ccccc1. The van der Waals surface area contributed by atoms with Crippen molar-refractivity contribution in [3.63, 3.8) is 0 Å². The topological polar surface area (TPSA) is 29.5 Å². The van der Waals surface area contributed by atoms with Crippen LogP contribution in [0.4, 0.5) is 0 Å². The van der Waals surface area contributed by atoms with E-state index < -0.39 is 8.32 Å². The molecular weight excluding hydrogens is 480 g/mol. The summed E-state index contributed by atoms with van der Waals surface area (Å²) in [5.41, 5.74) is 2.12. The van der Waals surface area contributed by atoms with Crippen molar-refractivity contribution in [2.24, 2.45) is 28.6 Å². The van der Waals surface area contributed by atoms with E-state index in [1.54, 1.807) is 5.57 Å². The van der Waals surface area contributed by atoms with Crippen LogP contribution in [0.2, 0.25) is 5.04 Å². The highest BCUT2D eigenvalue weighted by Crippen LogP contribution is 2.65. The Morgan fingerprint density at radius 3 is 2.05 bits per heavy atom. The highest BCUT2D eigenvalue weighted by molar-refractivity contribution is 6.99. The molecule has 4 aliphatic carbocycles. The number of hydrogen-bond acceptors (Lipinski definition) is 2. The maximum absolute atomic E-state index is 10.8. The zero-order valence-electron chi connectivity index (χ0n) is 24.2. The second kappa shape index (κ2) is 9.46. The van der Waals surface area contributed by atoms with Crippen molar-refractivity contribution in [3.05, 3.63) is 72.3 Å². The third-order valence-corrected chi connectivity index (χ3v) is 16.9. The van der Waals surface area contributed by atoms with Crippen molar-refractivity contribution in [1.29, 1.82) is 0 Å². The fourth-order valence-electron chi connectivity index (χ4n) is 9.64. The molecule has 3 heteroatoms. The summed E-state index contributed by atoms with van der Waals surface area (Å²) in [5.74, 6) is 2.20. The molecule has 0 heterocycles. The summed E-state index contributed by atoms with van der Waals surface area (Å²) in [6.07, 6.45) is 12.2. The number of rotatable bonds is 4. The molecule has 0 aromatic heterocycles. The largest absolute Gasteiger partial charge is 0.404 e. The van der Waals surface area contributed by atoms with Crippen LogP contribution in [0.5, 0.6) is 0 Å². The minimum Gasteiger partial charge on any atom is -0.404 e. The minimum absolute atomic E-state index is 0.0135. The Morgan fingerprint density at radius 2 is 1.45 bits per heavy atom. The van der Waals surface area contributed by atoms with Crippen molar-refractivity contribution in [1.82, 2.24) is 0 Å². The predicted octanol–water partition coefficient (Wildman–Crippen LogP) is 7.26. The van der Waals surface area contributed by atoms with Gasteiger partial charge in [-0.25, -0.2) is 0 Å². The van der Waals surface area contributed by atoms with Crippen LogP contribution in [0.25, 0.3) is 0 Å². The number of benzene rings is 2. The molecule has 7 atom stereocenters. The molecule has 0 spiro atoms. The third-order valence-electron chi connectivity index (χ3n) is 11.8. The Morgan fingerprint density at radius 1 is 0.816 bits per heavy atom. The zero-order valence-corrected chi connectivity index (χ0v) is 25.2.